The second-order valence-corrected chi connectivity index (χ2v) is 16.5. The van der Waals surface area contributed by atoms with Crippen molar-refractivity contribution in [2.24, 2.45) is 0 Å². The molecule has 8 nitrogen and oxygen atoms in total. The lowest BCUT2D eigenvalue weighted by Crippen LogP contribution is -2.29. The molecule has 0 heterocycles. The molecular formula is C46H85O8P. The Morgan fingerprint density at radius 3 is 1.33 bits per heavy atom. The zero-order valence-corrected chi connectivity index (χ0v) is 36.7. The Hall–Kier alpha value is -1.73. The van der Waals surface area contributed by atoms with Crippen molar-refractivity contribution in [3.63, 3.8) is 0 Å². The van der Waals surface area contributed by atoms with E-state index in [2.05, 4.69) is 50.3 Å². The largest absolute Gasteiger partial charge is 0.472 e. The molecule has 0 aliphatic carbocycles. The molecule has 0 aliphatic heterocycles. The fourth-order valence-electron chi connectivity index (χ4n) is 6.30. The molecule has 0 rings (SSSR count). The Morgan fingerprint density at radius 1 is 0.491 bits per heavy atom. The van der Waals surface area contributed by atoms with Crippen molar-refractivity contribution in [2.45, 2.75) is 226 Å². The van der Waals surface area contributed by atoms with Crippen molar-refractivity contribution in [1.29, 1.82) is 0 Å². The molecule has 0 aliphatic rings. The number of ether oxygens (including phenoxy) is 2. The van der Waals surface area contributed by atoms with Crippen molar-refractivity contribution in [3.8, 4) is 0 Å². The van der Waals surface area contributed by atoms with Crippen LogP contribution >= 0.6 is 7.82 Å². The van der Waals surface area contributed by atoms with Crippen LogP contribution < -0.4 is 0 Å². The van der Waals surface area contributed by atoms with Gasteiger partial charge in [0.25, 0.3) is 0 Å². The van der Waals surface area contributed by atoms with Gasteiger partial charge in [0.2, 0.25) is 0 Å². The van der Waals surface area contributed by atoms with Crippen LogP contribution in [0.5, 0.6) is 0 Å². The first-order valence-electron chi connectivity index (χ1n) is 22.8. The van der Waals surface area contributed by atoms with E-state index in [0.717, 1.165) is 57.8 Å². The van der Waals surface area contributed by atoms with Gasteiger partial charge in [-0.15, -0.1) is 0 Å². The summed E-state index contributed by atoms with van der Waals surface area (Å²) >= 11 is 0. The fourth-order valence-corrected chi connectivity index (χ4v) is 7.06. The number of rotatable bonds is 42. The average molecular weight is 797 g/mol. The van der Waals surface area contributed by atoms with Crippen LogP contribution in [0.25, 0.3) is 0 Å². The van der Waals surface area contributed by atoms with Crippen molar-refractivity contribution in [3.05, 3.63) is 36.5 Å². The Morgan fingerprint density at radius 2 is 0.873 bits per heavy atom. The maximum Gasteiger partial charge on any atom is 0.472 e. The van der Waals surface area contributed by atoms with E-state index in [9.17, 15) is 19.0 Å². The van der Waals surface area contributed by atoms with Gasteiger partial charge in [0.05, 0.1) is 13.2 Å². The van der Waals surface area contributed by atoms with Crippen molar-refractivity contribution >= 4 is 19.8 Å². The SMILES string of the molecule is CCCCCC/C=C\C/C=C\CCCCCCCC(=O)OC(COC(=O)CCCCCCCCCCC/C=C\CCCCCCCC)COP(=O)(O)OCC. The van der Waals surface area contributed by atoms with Crippen molar-refractivity contribution < 1.29 is 37.6 Å². The first-order chi connectivity index (χ1) is 26.8. The van der Waals surface area contributed by atoms with Gasteiger partial charge in [0, 0.05) is 12.8 Å². The smallest absolute Gasteiger partial charge is 0.462 e. The lowest BCUT2D eigenvalue weighted by Gasteiger charge is -2.19. The summed E-state index contributed by atoms with van der Waals surface area (Å²) in [5.41, 5.74) is 0. The van der Waals surface area contributed by atoms with E-state index < -0.39 is 26.5 Å². The van der Waals surface area contributed by atoms with Gasteiger partial charge < -0.3 is 14.4 Å². The topological polar surface area (TPSA) is 108 Å². The normalized spacial score (nSPS) is 13.6. The van der Waals surface area contributed by atoms with Gasteiger partial charge in [-0.2, -0.15) is 0 Å². The molecule has 55 heavy (non-hydrogen) atoms. The van der Waals surface area contributed by atoms with Crippen LogP contribution in [0, 0.1) is 0 Å². The molecule has 1 N–H and O–H groups in total. The Labute approximate surface area is 338 Å². The number of allylic oxidation sites excluding steroid dienone is 6. The molecule has 9 heteroatoms. The molecule has 0 fully saturated rings. The lowest BCUT2D eigenvalue weighted by molar-refractivity contribution is -0.161. The van der Waals surface area contributed by atoms with Crippen molar-refractivity contribution in [1.82, 2.24) is 0 Å². The monoisotopic (exact) mass is 797 g/mol. The van der Waals surface area contributed by atoms with E-state index in [4.69, 9.17) is 18.5 Å². The van der Waals surface area contributed by atoms with Crippen LogP contribution in [-0.4, -0.2) is 42.8 Å². The van der Waals surface area contributed by atoms with E-state index in [1.807, 2.05) is 0 Å². The van der Waals surface area contributed by atoms with Gasteiger partial charge in [0.1, 0.15) is 6.61 Å². The molecule has 322 valence electrons. The first-order valence-corrected chi connectivity index (χ1v) is 24.3. The van der Waals surface area contributed by atoms with E-state index in [0.29, 0.717) is 6.42 Å². The standard InChI is InChI=1S/C46H85O8P/c1-4-7-9-11-13-15-17-19-21-23-24-25-27-28-30-32-34-36-38-40-45(47)51-42-44(43-53-55(49,50)52-6-3)54-46(48)41-39-37-35-33-31-29-26-22-20-18-16-14-12-10-8-5-2/h16,18-19,21-22,26,44H,4-15,17,20,23-25,27-43H2,1-3H3,(H,49,50)/b18-16-,21-19-,26-22-. The lowest BCUT2D eigenvalue weighted by atomic mass is 10.1. The van der Waals surface area contributed by atoms with Gasteiger partial charge in [-0.25, -0.2) is 4.57 Å². The maximum absolute atomic E-state index is 12.6. The van der Waals surface area contributed by atoms with E-state index in [1.165, 1.54) is 122 Å². The summed E-state index contributed by atoms with van der Waals surface area (Å²) < 4.78 is 32.7. The number of carbonyl (C=O) groups excluding carboxylic acids is 2. The summed E-state index contributed by atoms with van der Waals surface area (Å²) in [5, 5.41) is 0. The molecule has 0 aromatic rings. The molecule has 0 aromatic heterocycles. The minimum Gasteiger partial charge on any atom is -0.462 e. The molecule has 0 radical (unpaired) electrons. The average Bonchev–Trinajstić information content (AvgIpc) is 3.16. The molecule has 0 bridgehead atoms. The first kappa shape index (κ1) is 53.3. The van der Waals surface area contributed by atoms with Gasteiger partial charge in [-0.3, -0.25) is 18.6 Å². The van der Waals surface area contributed by atoms with Crippen LogP contribution in [0.1, 0.15) is 220 Å². The van der Waals surface area contributed by atoms with Gasteiger partial charge in [-0.1, -0.05) is 166 Å². The fraction of sp³-hybridized carbons (Fsp3) is 0.826. The second kappa shape index (κ2) is 41.9. The van der Waals surface area contributed by atoms with E-state index in [1.54, 1.807) is 6.92 Å². The van der Waals surface area contributed by atoms with Gasteiger partial charge >= 0.3 is 19.8 Å². The minimum absolute atomic E-state index is 0.00262. The zero-order valence-electron chi connectivity index (χ0n) is 35.8. The summed E-state index contributed by atoms with van der Waals surface area (Å²) in [6, 6.07) is 0. The summed E-state index contributed by atoms with van der Waals surface area (Å²) in [6.07, 6.45) is 47.7. The Kier molecular flexibility index (Phi) is 40.6. The number of hydrogen-bond acceptors (Lipinski definition) is 7. The number of unbranched alkanes of at least 4 members (excludes halogenated alkanes) is 24. The summed E-state index contributed by atoms with van der Waals surface area (Å²) in [4.78, 5) is 34.8. The molecule has 2 unspecified atom stereocenters. The second-order valence-electron chi connectivity index (χ2n) is 15.1. The van der Waals surface area contributed by atoms with Gasteiger partial charge in [0.15, 0.2) is 6.10 Å². The number of hydrogen-bond donors (Lipinski definition) is 1. The molecule has 2 atom stereocenters. The third-order valence-corrected chi connectivity index (χ3v) is 10.7. The van der Waals surface area contributed by atoms with Crippen LogP contribution in [0.2, 0.25) is 0 Å². The Balaban J connectivity index is 4.06. The van der Waals surface area contributed by atoms with Crippen LogP contribution in [-0.2, 0) is 32.7 Å². The molecule has 0 aromatic carbocycles. The number of phosphoric acid groups is 1. The molecular weight excluding hydrogens is 711 g/mol. The molecule has 0 saturated carbocycles. The quantitative estimate of drug-likeness (QED) is 0.0281. The predicted octanol–water partition coefficient (Wildman–Crippen LogP) is 14.4. The summed E-state index contributed by atoms with van der Waals surface area (Å²) in [6.45, 7) is 5.45. The highest BCUT2D eigenvalue weighted by molar-refractivity contribution is 7.47. The van der Waals surface area contributed by atoms with Crippen molar-refractivity contribution in [2.75, 3.05) is 19.8 Å². The highest BCUT2D eigenvalue weighted by Gasteiger charge is 2.25. The van der Waals surface area contributed by atoms with E-state index in [-0.39, 0.29) is 32.0 Å². The van der Waals surface area contributed by atoms with Crippen LogP contribution in [0.15, 0.2) is 36.5 Å². The van der Waals surface area contributed by atoms with Crippen LogP contribution in [0.3, 0.4) is 0 Å². The molecule has 0 spiro atoms. The highest BCUT2D eigenvalue weighted by atomic mass is 31.2. The highest BCUT2D eigenvalue weighted by Crippen LogP contribution is 2.43. The minimum atomic E-state index is -4.28. The van der Waals surface area contributed by atoms with Crippen LogP contribution in [0.4, 0.5) is 0 Å². The molecule has 0 amide bonds. The predicted molar refractivity (Wildman–Crippen MR) is 230 cm³/mol. The Bertz CT molecular complexity index is 994. The molecule has 0 saturated heterocycles. The van der Waals surface area contributed by atoms with E-state index >= 15 is 0 Å². The van der Waals surface area contributed by atoms with Gasteiger partial charge in [-0.05, 0) is 77.6 Å². The summed E-state index contributed by atoms with van der Waals surface area (Å²) in [7, 11) is -4.28. The maximum atomic E-state index is 12.6. The number of esters is 2. The third kappa shape index (κ3) is 41.7. The summed E-state index contributed by atoms with van der Waals surface area (Å²) in [5.74, 6) is -0.811. The third-order valence-electron chi connectivity index (χ3n) is 9.67. The number of carbonyl (C=O) groups is 2. The zero-order chi connectivity index (χ0) is 40.3. The number of phosphoric ester groups is 1.